The number of ketones is 3. The van der Waals surface area contributed by atoms with Gasteiger partial charge in [0.15, 0.2) is 17.2 Å². The van der Waals surface area contributed by atoms with Gasteiger partial charge in [-0.25, -0.2) is 0 Å². The fourth-order valence-electron chi connectivity index (χ4n) is 6.07. The van der Waals surface area contributed by atoms with Crippen molar-refractivity contribution in [1.29, 1.82) is 0 Å². The Morgan fingerprint density at radius 2 is 1.83 bits per heavy atom. The third-order valence-corrected chi connectivity index (χ3v) is 7.61. The van der Waals surface area contributed by atoms with E-state index >= 15 is 0 Å². The van der Waals surface area contributed by atoms with Crippen LogP contribution in [-0.4, -0.2) is 84.0 Å². The Kier molecular flexibility index (Phi) is 6.51. The number of aliphatic hydroxyl groups excluding tert-OH is 2. The monoisotopic (exact) mass is 498 g/mol. The van der Waals surface area contributed by atoms with Crippen LogP contribution in [0.3, 0.4) is 0 Å². The van der Waals surface area contributed by atoms with Gasteiger partial charge < -0.3 is 25.0 Å². The van der Waals surface area contributed by atoms with Gasteiger partial charge in [-0.1, -0.05) is 6.92 Å². The molecule has 3 aliphatic carbocycles. The molecule has 0 radical (unpaired) electrons. The van der Waals surface area contributed by atoms with E-state index < -0.39 is 52.2 Å². The second kappa shape index (κ2) is 9.05. The van der Waals surface area contributed by atoms with Crippen molar-refractivity contribution in [2.45, 2.75) is 44.8 Å². The van der Waals surface area contributed by atoms with E-state index in [0.29, 0.717) is 24.3 Å². The van der Waals surface area contributed by atoms with Crippen LogP contribution in [0.2, 0.25) is 0 Å². The number of rotatable bonds is 6. The zero-order valence-corrected chi connectivity index (χ0v) is 21.6. The zero-order chi connectivity index (χ0) is 26.7. The highest BCUT2D eigenvalue weighted by atomic mass is 16.5. The predicted octanol–water partition coefficient (Wildman–Crippen LogP) is 2.22. The smallest absolute Gasteiger partial charge is 0.202 e. The number of hydrogen-bond acceptors (Lipinski definition) is 9. The highest BCUT2D eigenvalue weighted by Crippen LogP contribution is 2.53. The quantitative estimate of drug-likeness (QED) is 0.506. The van der Waals surface area contributed by atoms with E-state index in [4.69, 9.17) is 4.74 Å². The Morgan fingerprint density at radius 3 is 2.39 bits per heavy atom. The molecule has 1 saturated carbocycles. The average molecular weight is 499 g/mol. The van der Waals surface area contributed by atoms with Crippen molar-refractivity contribution in [1.82, 2.24) is 4.90 Å². The average Bonchev–Trinajstić information content (AvgIpc) is 2.79. The molecule has 0 aromatic heterocycles. The first kappa shape index (κ1) is 25.9. The largest absolute Gasteiger partial charge is 0.508 e. The molecule has 0 saturated heterocycles. The van der Waals surface area contributed by atoms with Crippen molar-refractivity contribution in [3.8, 4) is 5.75 Å². The maximum absolute atomic E-state index is 14.0. The normalized spacial score (nSPS) is 27.6. The van der Waals surface area contributed by atoms with Gasteiger partial charge >= 0.3 is 0 Å². The molecule has 9 nitrogen and oxygen atoms in total. The lowest BCUT2D eigenvalue weighted by Gasteiger charge is -2.50. The van der Waals surface area contributed by atoms with Crippen LogP contribution in [0.1, 0.15) is 37.8 Å². The van der Waals surface area contributed by atoms with Crippen LogP contribution in [0.15, 0.2) is 29.0 Å². The van der Waals surface area contributed by atoms with E-state index in [1.54, 1.807) is 25.1 Å². The maximum Gasteiger partial charge on any atom is 0.202 e. The van der Waals surface area contributed by atoms with Crippen LogP contribution in [0.4, 0.5) is 5.69 Å². The molecule has 1 aromatic rings. The summed E-state index contributed by atoms with van der Waals surface area (Å²) in [5, 5.41) is 34.3. The Morgan fingerprint density at radius 1 is 1.17 bits per heavy atom. The molecule has 194 valence electrons. The van der Waals surface area contributed by atoms with Crippen LogP contribution in [-0.2, 0) is 20.8 Å². The summed E-state index contributed by atoms with van der Waals surface area (Å²) in [6.45, 7) is 3.49. The van der Waals surface area contributed by atoms with Gasteiger partial charge in [0.2, 0.25) is 5.78 Å². The summed E-state index contributed by atoms with van der Waals surface area (Å²) in [5.74, 6) is -4.55. The SMILES string of the molecule is CCCOc1ccc(N(C)C)c2c1C(O)=C1C(=O)C3(O)C(O)=C(C(C)=O)C(=O)C(N(C)C)C3CC1C2. The van der Waals surface area contributed by atoms with Crippen LogP contribution in [0.25, 0.3) is 5.76 Å². The lowest BCUT2D eigenvalue weighted by molar-refractivity contribution is -0.153. The number of carbonyl (C=O) groups is 3. The summed E-state index contributed by atoms with van der Waals surface area (Å²) in [7, 11) is 7.04. The molecule has 4 rings (SSSR count). The summed E-state index contributed by atoms with van der Waals surface area (Å²) in [4.78, 5) is 43.0. The Bertz CT molecular complexity index is 1210. The Hall–Kier alpha value is -3.17. The standard InChI is InChI=1S/C27H34N2O7/c1-7-10-36-18-9-8-17(28(3)4)15-11-14-12-16-22(29(5)6)24(32)19(13(2)30)25(33)27(16,35)26(34)20(14)23(31)21(15)18/h8-9,14,16,22,31,33,35H,7,10-12H2,1-6H3. The number of anilines is 1. The number of ether oxygens (including phenoxy) is 1. The molecule has 0 heterocycles. The van der Waals surface area contributed by atoms with Gasteiger partial charge in [-0.15, -0.1) is 0 Å². The molecule has 4 unspecified atom stereocenters. The van der Waals surface area contributed by atoms with Crippen LogP contribution >= 0.6 is 0 Å². The van der Waals surface area contributed by atoms with Crippen LogP contribution in [0, 0.1) is 11.8 Å². The summed E-state index contributed by atoms with van der Waals surface area (Å²) < 4.78 is 5.90. The number of fused-ring (bicyclic) bond motifs is 3. The Labute approximate surface area is 210 Å². The van der Waals surface area contributed by atoms with Crippen LogP contribution < -0.4 is 9.64 Å². The van der Waals surface area contributed by atoms with E-state index in [2.05, 4.69) is 0 Å². The molecule has 0 bridgehead atoms. The fourth-order valence-corrected chi connectivity index (χ4v) is 6.07. The number of carbonyl (C=O) groups excluding carboxylic acids is 3. The molecule has 0 amide bonds. The minimum Gasteiger partial charge on any atom is -0.508 e. The summed E-state index contributed by atoms with van der Waals surface area (Å²) in [6.07, 6.45) is 1.27. The minimum atomic E-state index is -2.51. The number of nitrogens with zero attached hydrogens (tertiary/aromatic N) is 2. The van der Waals surface area contributed by atoms with E-state index in [0.717, 1.165) is 24.6 Å². The summed E-state index contributed by atoms with van der Waals surface area (Å²) in [6, 6.07) is 2.66. The van der Waals surface area contributed by atoms with Crippen molar-refractivity contribution in [2.24, 2.45) is 11.8 Å². The number of Topliss-reactive ketones (excluding diaryl/α,β-unsaturated/α-hetero) is 3. The molecule has 3 N–H and O–H groups in total. The van der Waals surface area contributed by atoms with Gasteiger partial charge in [0.25, 0.3) is 0 Å². The Balaban J connectivity index is 1.98. The van der Waals surface area contributed by atoms with Gasteiger partial charge in [-0.05, 0) is 63.9 Å². The molecule has 1 aromatic carbocycles. The van der Waals surface area contributed by atoms with Gasteiger partial charge in [-0.2, -0.15) is 0 Å². The molecular weight excluding hydrogens is 464 g/mol. The molecule has 0 spiro atoms. The molecule has 9 heteroatoms. The van der Waals surface area contributed by atoms with E-state index in [-0.39, 0.29) is 17.8 Å². The number of likely N-dealkylation sites (N-methyl/N-ethyl adjacent to an activating group) is 1. The van der Waals surface area contributed by atoms with Gasteiger partial charge in [-0.3, -0.25) is 19.3 Å². The molecular formula is C27H34N2O7. The molecule has 3 aliphatic rings. The van der Waals surface area contributed by atoms with Gasteiger partial charge in [0.05, 0.1) is 18.2 Å². The summed E-state index contributed by atoms with van der Waals surface area (Å²) >= 11 is 0. The van der Waals surface area contributed by atoms with E-state index in [1.165, 1.54) is 0 Å². The third kappa shape index (κ3) is 3.56. The molecule has 1 fully saturated rings. The van der Waals surface area contributed by atoms with Gasteiger partial charge in [0, 0.05) is 31.3 Å². The van der Waals surface area contributed by atoms with Crippen molar-refractivity contribution in [3.05, 3.63) is 40.2 Å². The van der Waals surface area contributed by atoms with Crippen molar-refractivity contribution in [2.75, 3.05) is 39.7 Å². The summed E-state index contributed by atoms with van der Waals surface area (Å²) in [5.41, 5.74) is -1.03. The minimum absolute atomic E-state index is 0.0141. The van der Waals surface area contributed by atoms with Crippen molar-refractivity contribution in [3.63, 3.8) is 0 Å². The first-order valence-corrected chi connectivity index (χ1v) is 12.2. The highest BCUT2D eigenvalue weighted by molar-refractivity contribution is 6.25. The van der Waals surface area contributed by atoms with Crippen LogP contribution in [0.5, 0.6) is 5.75 Å². The van der Waals surface area contributed by atoms with Crippen molar-refractivity contribution >= 4 is 28.8 Å². The zero-order valence-electron chi connectivity index (χ0n) is 21.6. The second-order valence-corrected chi connectivity index (χ2v) is 10.3. The first-order valence-electron chi connectivity index (χ1n) is 12.2. The number of aliphatic hydroxyl groups is 3. The topological polar surface area (TPSA) is 128 Å². The molecule has 36 heavy (non-hydrogen) atoms. The number of benzene rings is 1. The predicted molar refractivity (Wildman–Crippen MR) is 134 cm³/mol. The van der Waals surface area contributed by atoms with E-state index in [1.807, 2.05) is 32.0 Å². The van der Waals surface area contributed by atoms with Crippen molar-refractivity contribution < 1.29 is 34.4 Å². The lowest BCUT2D eigenvalue weighted by atomic mass is 9.57. The van der Waals surface area contributed by atoms with E-state index in [9.17, 15) is 29.7 Å². The maximum atomic E-state index is 14.0. The number of hydrogen-bond donors (Lipinski definition) is 3. The first-order chi connectivity index (χ1) is 16.9. The molecule has 0 aliphatic heterocycles. The van der Waals surface area contributed by atoms with Gasteiger partial charge in [0.1, 0.15) is 22.8 Å². The third-order valence-electron chi connectivity index (χ3n) is 7.61. The fraction of sp³-hybridized carbons (Fsp3) is 0.519. The lowest BCUT2D eigenvalue weighted by Crippen LogP contribution is -2.65. The second-order valence-electron chi connectivity index (χ2n) is 10.3. The highest BCUT2D eigenvalue weighted by Gasteiger charge is 2.64. The molecule has 4 atom stereocenters.